The number of esters is 1. The van der Waals surface area contributed by atoms with Crippen LogP contribution in [0.5, 0.6) is 11.5 Å². The van der Waals surface area contributed by atoms with E-state index in [1.54, 1.807) is 39.0 Å². The number of amides is 2. The van der Waals surface area contributed by atoms with Gasteiger partial charge in [-0.3, -0.25) is 4.79 Å². The first-order valence-corrected chi connectivity index (χ1v) is 13.4. The Labute approximate surface area is 240 Å². The monoisotopic (exact) mass is 560 g/mol. The first-order chi connectivity index (χ1) is 19.6. The lowest BCUT2D eigenvalue weighted by molar-refractivity contribution is -0.158. The molecule has 0 unspecified atom stereocenters. The Morgan fingerprint density at radius 3 is 2.07 bits per heavy atom. The molecule has 3 aromatic carbocycles. The molecular weight excluding hydrogens is 524 g/mol. The molecule has 1 aliphatic carbocycles. The van der Waals surface area contributed by atoms with E-state index in [-0.39, 0.29) is 25.5 Å². The van der Waals surface area contributed by atoms with Crippen LogP contribution in [-0.4, -0.2) is 50.4 Å². The smallest absolute Gasteiger partial charge is 0.407 e. The second-order valence-corrected chi connectivity index (χ2v) is 10.7. The maximum Gasteiger partial charge on any atom is 0.407 e. The summed E-state index contributed by atoms with van der Waals surface area (Å²) in [7, 11) is 3.04. The van der Waals surface area contributed by atoms with Crippen molar-refractivity contribution < 1.29 is 33.3 Å². The van der Waals surface area contributed by atoms with Gasteiger partial charge in [0, 0.05) is 18.0 Å². The topological polar surface area (TPSA) is 112 Å². The number of hydrogen-bond acceptors (Lipinski definition) is 7. The molecule has 2 N–H and O–H groups in total. The van der Waals surface area contributed by atoms with E-state index in [0.29, 0.717) is 17.1 Å². The minimum absolute atomic E-state index is 0.0722. The quantitative estimate of drug-likeness (QED) is 0.337. The van der Waals surface area contributed by atoms with E-state index in [0.717, 1.165) is 22.3 Å². The summed E-state index contributed by atoms with van der Waals surface area (Å²) in [6.45, 7) is 5.34. The van der Waals surface area contributed by atoms with Gasteiger partial charge in [0.15, 0.2) is 11.5 Å². The number of hydrogen-bond donors (Lipinski definition) is 2. The van der Waals surface area contributed by atoms with Gasteiger partial charge in [-0.1, -0.05) is 60.7 Å². The number of carbonyl (C=O) groups is 3. The second kappa shape index (κ2) is 12.8. The highest BCUT2D eigenvalue weighted by Crippen LogP contribution is 2.44. The first-order valence-electron chi connectivity index (χ1n) is 13.4. The van der Waals surface area contributed by atoms with Gasteiger partial charge in [-0.2, -0.15) is 0 Å². The molecule has 0 aromatic heterocycles. The second-order valence-electron chi connectivity index (χ2n) is 10.7. The molecule has 0 spiro atoms. The Morgan fingerprint density at radius 1 is 0.854 bits per heavy atom. The van der Waals surface area contributed by atoms with Crippen molar-refractivity contribution in [3.8, 4) is 22.6 Å². The van der Waals surface area contributed by atoms with Crippen LogP contribution in [0, 0.1) is 0 Å². The molecule has 0 aliphatic heterocycles. The fourth-order valence-electron chi connectivity index (χ4n) is 4.89. The molecule has 1 aliphatic rings. The van der Waals surface area contributed by atoms with E-state index in [1.807, 2.05) is 48.5 Å². The van der Waals surface area contributed by atoms with Gasteiger partial charge in [0.2, 0.25) is 5.91 Å². The highest BCUT2D eigenvalue weighted by atomic mass is 16.6. The lowest BCUT2D eigenvalue weighted by Gasteiger charge is -2.24. The Kier molecular flexibility index (Phi) is 9.17. The number of carbonyl (C=O) groups excluding carboxylic acids is 3. The van der Waals surface area contributed by atoms with Crippen molar-refractivity contribution in [1.82, 2.24) is 10.6 Å². The van der Waals surface area contributed by atoms with Crippen LogP contribution in [0.1, 0.15) is 49.8 Å². The Hall–Kier alpha value is -4.53. The lowest BCUT2D eigenvalue weighted by Crippen LogP contribution is -2.47. The van der Waals surface area contributed by atoms with Crippen LogP contribution in [0.15, 0.2) is 66.7 Å². The first kappa shape index (κ1) is 29.5. The van der Waals surface area contributed by atoms with Gasteiger partial charge in [-0.05, 0) is 49.1 Å². The zero-order valence-electron chi connectivity index (χ0n) is 24.0. The highest BCUT2D eigenvalue weighted by Gasteiger charge is 2.32. The van der Waals surface area contributed by atoms with Gasteiger partial charge >= 0.3 is 12.1 Å². The van der Waals surface area contributed by atoms with E-state index in [4.69, 9.17) is 18.9 Å². The summed E-state index contributed by atoms with van der Waals surface area (Å²) in [6, 6.07) is 20.1. The van der Waals surface area contributed by atoms with E-state index in [1.165, 1.54) is 14.2 Å². The third-order valence-corrected chi connectivity index (χ3v) is 6.68. The number of nitrogens with one attached hydrogen (secondary N) is 2. The maximum atomic E-state index is 13.0. The van der Waals surface area contributed by atoms with Crippen molar-refractivity contribution in [2.75, 3.05) is 20.8 Å². The largest absolute Gasteiger partial charge is 0.493 e. The highest BCUT2D eigenvalue weighted by molar-refractivity contribution is 5.88. The number of alkyl carbamates (subject to hydrolysis) is 1. The molecule has 9 heteroatoms. The van der Waals surface area contributed by atoms with Crippen LogP contribution in [0.3, 0.4) is 0 Å². The van der Waals surface area contributed by atoms with Crippen molar-refractivity contribution >= 4 is 18.0 Å². The number of fused-ring (bicyclic) bond motifs is 3. The van der Waals surface area contributed by atoms with Crippen LogP contribution < -0.4 is 20.1 Å². The normalized spacial score (nSPS) is 12.9. The third-order valence-electron chi connectivity index (χ3n) is 6.68. The average molecular weight is 561 g/mol. The number of methoxy groups -OCH3 is 2. The Bertz CT molecular complexity index is 1370. The zero-order chi connectivity index (χ0) is 29.6. The fraction of sp³-hybridized carbons (Fsp3) is 0.344. The lowest BCUT2D eigenvalue weighted by atomic mass is 9.98. The molecule has 3 aromatic rings. The molecule has 0 bridgehead atoms. The van der Waals surface area contributed by atoms with Crippen molar-refractivity contribution in [3.05, 3.63) is 83.4 Å². The van der Waals surface area contributed by atoms with Crippen LogP contribution in [0.4, 0.5) is 4.79 Å². The van der Waals surface area contributed by atoms with Crippen molar-refractivity contribution in [2.24, 2.45) is 0 Å². The summed E-state index contributed by atoms with van der Waals surface area (Å²) in [5.74, 6) is -0.322. The maximum absolute atomic E-state index is 13.0. The van der Waals surface area contributed by atoms with E-state index in [9.17, 15) is 14.4 Å². The summed E-state index contributed by atoms with van der Waals surface area (Å²) in [4.78, 5) is 38.8. The summed E-state index contributed by atoms with van der Waals surface area (Å²) in [6.07, 6.45) is -1.16. The summed E-state index contributed by atoms with van der Waals surface area (Å²) in [5.41, 5.74) is 4.22. The summed E-state index contributed by atoms with van der Waals surface area (Å²) in [5, 5.41) is 5.31. The molecule has 0 radical (unpaired) electrons. The summed E-state index contributed by atoms with van der Waals surface area (Å²) >= 11 is 0. The summed E-state index contributed by atoms with van der Waals surface area (Å²) < 4.78 is 21.8. The Morgan fingerprint density at radius 2 is 1.49 bits per heavy atom. The molecule has 4 rings (SSSR count). The molecule has 41 heavy (non-hydrogen) atoms. The predicted molar refractivity (Wildman–Crippen MR) is 154 cm³/mol. The minimum Gasteiger partial charge on any atom is -0.493 e. The van der Waals surface area contributed by atoms with Crippen LogP contribution >= 0.6 is 0 Å². The molecular formula is C32H36N2O7. The molecule has 9 nitrogen and oxygen atoms in total. The van der Waals surface area contributed by atoms with Crippen molar-refractivity contribution in [3.63, 3.8) is 0 Å². The minimum atomic E-state index is -1.25. The number of benzene rings is 3. The van der Waals surface area contributed by atoms with Crippen molar-refractivity contribution in [1.29, 1.82) is 0 Å². The Balaban J connectivity index is 1.41. The fourth-order valence-corrected chi connectivity index (χ4v) is 4.89. The molecule has 2 amide bonds. The molecule has 0 saturated carbocycles. The zero-order valence-corrected chi connectivity index (χ0v) is 24.0. The predicted octanol–water partition coefficient (Wildman–Crippen LogP) is 4.96. The van der Waals surface area contributed by atoms with Gasteiger partial charge in [0.05, 0.1) is 20.6 Å². The molecule has 1 atom stereocenters. The SMILES string of the molecule is COc1cccc(CNC(=O)C[C@H](NC(=O)OCC2c3ccccc3-c3ccccc32)C(=O)OC(C)(C)C)c1OC. The molecule has 216 valence electrons. The number of para-hydroxylation sites is 1. The van der Waals surface area contributed by atoms with Gasteiger partial charge in [-0.25, -0.2) is 9.59 Å². The van der Waals surface area contributed by atoms with Gasteiger partial charge < -0.3 is 29.6 Å². The molecule has 0 saturated heterocycles. The van der Waals surface area contributed by atoms with E-state index >= 15 is 0 Å². The van der Waals surface area contributed by atoms with Crippen LogP contribution in [0.25, 0.3) is 11.1 Å². The third kappa shape index (κ3) is 7.16. The average Bonchev–Trinajstić information content (AvgIpc) is 3.27. The molecule has 0 heterocycles. The standard InChI is InChI=1S/C32H36N2O7/c1-32(2,3)41-30(36)26(17-28(35)33-18-20-11-10-16-27(38-4)29(20)39-5)34-31(37)40-19-25-23-14-8-6-12-21(23)22-13-7-9-15-24(22)25/h6-16,25-26H,17-19H2,1-5H3,(H,33,35)(H,34,37)/t26-/m0/s1. The van der Waals surface area contributed by atoms with Gasteiger partial charge in [-0.15, -0.1) is 0 Å². The van der Waals surface area contributed by atoms with Crippen LogP contribution in [0.2, 0.25) is 0 Å². The molecule has 0 fully saturated rings. The van der Waals surface area contributed by atoms with Gasteiger partial charge in [0.1, 0.15) is 18.2 Å². The van der Waals surface area contributed by atoms with Gasteiger partial charge in [0.25, 0.3) is 0 Å². The van der Waals surface area contributed by atoms with Crippen LogP contribution in [-0.2, 0) is 25.6 Å². The number of rotatable bonds is 10. The number of ether oxygens (including phenoxy) is 4. The van der Waals surface area contributed by atoms with Crippen molar-refractivity contribution in [2.45, 2.75) is 51.3 Å². The van der Waals surface area contributed by atoms with E-state index < -0.39 is 29.6 Å². The van der Waals surface area contributed by atoms with E-state index in [2.05, 4.69) is 10.6 Å².